The van der Waals surface area contributed by atoms with E-state index in [1.165, 1.54) is 12.8 Å². The van der Waals surface area contributed by atoms with Gasteiger partial charge in [0.1, 0.15) is 0 Å². The fourth-order valence-electron chi connectivity index (χ4n) is 7.18. The highest BCUT2D eigenvalue weighted by molar-refractivity contribution is 6.00. The van der Waals surface area contributed by atoms with Gasteiger partial charge >= 0.3 is 0 Å². The summed E-state index contributed by atoms with van der Waals surface area (Å²) in [6.45, 7) is 11.7. The largest absolute Gasteiger partial charge is 0.366 e. The minimum atomic E-state index is -0.0171. The highest BCUT2D eigenvalue weighted by Crippen LogP contribution is 2.74. The lowest BCUT2D eigenvalue weighted by Gasteiger charge is -2.40. The number of Topliss-reactive ketones (excluding diaryl/α,β-unsaturated/α-hetero) is 1. The molecule has 0 amide bonds. The topological polar surface area (TPSA) is 29.6 Å². The molecule has 9 atom stereocenters. The Morgan fingerprint density at radius 3 is 2.73 bits per heavy atom. The first-order valence-electron chi connectivity index (χ1n) is 9.16. The normalized spacial score (nSPS) is 60.4. The number of hydrogen-bond acceptors (Lipinski definition) is 2. The number of ether oxygens (including phenoxy) is 1. The minimum Gasteiger partial charge on any atom is -0.366 e. The van der Waals surface area contributed by atoms with E-state index in [0.717, 1.165) is 29.2 Å². The summed E-state index contributed by atoms with van der Waals surface area (Å²) in [6, 6.07) is 0. The van der Waals surface area contributed by atoms with Gasteiger partial charge in [0.05, 0.1) is 17.6 Å². The van der Waals surface area contributed by atoms with Crippen LogP contribution in [0.3, 0.4) is 0 Å². The number of epoxide rings is 1. The Morgan fingerprint density at radius 1 is 1.27 bits per heavy atom. The first-order chi connectivity index (χ1) is 10.3. The molecule has 2 nitrogen and oxygen atoms in total. The second-order valence-corrected chi connectivity index (χ2v) is 9.78. The molecule has 0 N–H and O–H groups in total. The van der Waals surface area contributed by atoms with Crippen molar-refractivity contribution in [3.05, 3.63) is 11.6 Å². The molecule has 1 aliphatic heterocycles. The lowest BCUT2D eigenvalue weighted by Crippen LogP contribution is -2.37. The van der Waals surface area contributed by atoms with Crippen molar-refractivity contribution in [2.45, 2.75) is 59.2 Å². The molecule has 1 heterocycles. The third-order valence-corrected chi connectivity index (χ3v) is 8.28. The van der Waals surface area contributed by atoms with Gasteiger partial charge in [0.15, 0.2) is 5.78 Å². The SMILES string of the molecule is CC1=CC2C(C1=O)C1OC1(C)CC1C2C(C)CC2C1C2(C)C. The Hall–Kier alpha value is -0.630. The Bertz CT molecular complexity index is 603. The van der Waals surface area contributed by atoms with E-state index >= 15 is 0 Å². The average molecular weight is 300 g/mol. The number of carbonyl (C=O) groups excluding carboxylic acids is 1. The molecule has 0 aromatic carbocycles. The molecule has 0 bridgehead atoms. The first kappa shape index (κ1) is 13.8. The molecule has 0 spiro atoms. The standard InChI is InChI=1S/C20H28O2/c1-9-7-13-16(19(13,3)4)12-8-20(5)18(22-20)15-11(14(9)12)6-10(2)17(15)21/h6,9,11-16,18H,7-8H2,1-5H3. The van der Waals surface area contributed by atoms with Gasteiger partial charge in [0.2, 0.25) is 0 Å². The van der Waals surface area contributed by atoms with Gasteiger partial charge in [-0.2, -0.15) is 0 Å². The monoisotopic (exact) mass is 300 g/mol. The first-order valence-corrected chi connectivity index (χ1v) is 9.16. The lowest BCUT2D eigenvalue weighted by molar-refractivity contribution is -0.120. The molecule has 2 heteroatoms. The van der Waals surface area contributed by atoms with Crippen molar-refractivity contribution in [1.82, 2.24) is 0 Å². The van der Waals surface area contributed by atoms with E-state index in [1.807, 2.05) is 6.92 Å². The number of rotatable bonds is 0. The van der Waals surface area contributed by atoms with Crippen LogP contribution in [0, 0.1) is 46.8 Å². The third-order valence-electron chi connectivity index (χ3n) is 8.28. The summed E-state index contributed by atoms with van der Waals surface area (Å²) in [7, 11) is 0. The van der Waals surface area contributed by atoms with Crippen LogP contribution in [0.5, 0.6) is 0 Å². The summed E-state index contributed by atoms with van der Waals surface area (Å²) in [5.74, 6) is 4.91. The molecule has 4 fully saturated rings. The van der Waals surface area contributed by atoms with Gasteiger partial charge in [0.25, 0.3) is 0 Å². The summed E-state index contributed by atoms with van der Waals surface area (Å²) in [4.78, 5) is 12.7. The molecule has 9 unspecified atom stereocenters. The molecular formula is C20H28O2. The van der Waals surface area contributed by atoms with Crippen LogP contribution in [0.4, 0.5) is 0 Å². The summed E-state index contributed by atoms with van der Waals surface area (Å²) in [5, 5.41) is 0. The molecule has 22 heavy (non-hydrogen) atoms. The molecule has 1 saturated heterocycles. The van der Waals surface area contributed by atoms with E-state index < -0.39 is 0 Å². The van der Waals surface area contributed by atoms with Crippen molar-refractivity contribution in [1.29, 1.82) is 0 Å². The van der Waals surface area contributed by atoms with Crippen LogP contribution in [0.15, 0.2) is 11.6 Å². The van der Waals surface area contributed by atoms with Crippen LogP contribution >= 0.6 is 0 Å². The fraction of sp³-hybridized carbons (Fsp3) is 0.850. The maximum atomic E-state index is 12.7. The zero-order valence-corrected chi connectivity index (χ0v) is 14.4. The van der Waals surface area contributed by atoms with Gasteiger partial charge in [0, 0.05) is 0 Å². The molecule has 5 aliphatic rings. The average Bonchev–Trinajstić information content (AvgIpc) is 3.18. The Kier molecular flexibility index (Phi) is 2.33. The van der Waals surface area contributed by atoms with E-state index in [2.05, 4.69) is 33.8 Å². The second kappa shape index (κ2) is 3.71. The molecular weight excluding hydrogens is 272 g/mol. The van der Waals surface area contributed by atoms with Gasteiger partial charge in [-0.1, -0.05) is 26.8 Å². The summed E-state index contributed by atoms with van der Waals surface area (Å²) >= 11 is 0. The van der Waals surface area contributed by atoms with Gasteiger partial charge in [-0.25, -0.2) is 0 Å². The van der Waals surface area contributed by atoms with Crippen molar-refractivity contribution >= 4 is 5.78 Å². The maximum absolute atomic E-state index is 12.7. The molecule has 0 radical (unpaired) electrons. The minimum absolute atomic E-state index is 0.0171. The van der Waals surface area contributed by atoms with Gasteiger partial charge in [-0.3, -0.25) is 4.79 Å². The zero-order chi connectivity index (χ0) is 15.6. The van der Waals surface area contributed by atoms with Crippen molar-refractivity contribution < 1.29 is 9.53 Å². The van der Waals surface area contributed by atoms with E-state index in [4.69, 9.17) is 4.74 Å². The maximum Gasteiger partial charge on any atom is 0.164 e. The van der Waals surface area contributed by atoms with Crippen LogP contribution in [0.1, 0.15) is 47.5 Å². The van der Waals surface area contributed by atoms with Crippen LogP contribution in [0.2, 0.25) is 0 Å². The highest BCUT2D eigenvalue weighted by atomic mass is 16.6. The molecule has 0 aromatic heterocycles. The van der Waals surface area contributed by atoms with Gasteiger partial charge in [-0.05, 0) is 73.2 Å². The summed E-state index contributed by atoms with van der Waals surface area (Å²) in [6.07, 6.45) is 5.07. The van der Waals surface area contributed by atoms with Crippen LogP contribution in [0.25, 0.3) is 0 Å². The lowest BCUT2D eigenvalue weighted by atomic mass is 9.64. The van der Waals surface area contributed by atoms with Crippen LogP contribution in [-0.4, -0.2) is 17.5 Å². The van der Waals surface area contributed by atoms with E-state index in [0.29, 0.717) is 23.0 Å². The molecule has 4 aliphatic carbocycles. The van der Waals surface area contributed by atoms with Crippen molar-refractivity contribution in [2.75, 3.05) is 0 Å². The molecule has 0 aromatic rings. The smallest absolute Gasteiger partial charge is 0.164 e. The van der Waals surface area contributed by atoms with Crippen LogP contribution < -0.4 is 0 Å². The molecule has 5 rings (SSSR count). The number of allylic oxidation sites excluding steroid dienone is 2. The quantitative estimate of drug-likeness (QED) is 0.636. The number of fused-ring (bicyclic) bond motifs is 7. The molecule has 120 valence electrons. The highest BCUT2D eigenvalue weighted by Gasteiger charge is 2.72. The second-order valence-electron chi connectivity index (χ2n) is 9.78. The van der Waals surface area contributed by atoms with Gasteiger partial charge in [-0.15, -0.1) is 0 Å². The third kappa shape index (κ3) is 1.44. The molecule has 3 saturated carbocycles. The van der Waals surface area contributed by atoms with E-state index in [-0.39, 0.29) is 17.6 Å². The van der Waals surface area contributed by atoms with Crippen LogP contribution in [-0.2, 0) is 9.53 Å². The Labute approximate surface area is 133 Å². The Morgan fingerprint density at radius 2 is 2.00 bits per heavy atom. The van der Waals surface area contributed by atoms with E-state index in [9.17, 15) is 4.79 Å². The summed E-state index contributed by atoms with van der Waals surface area (Å²) < 4.78 is 6.14. The van der Waals surface area contributed by atoms with Crippen molar-refractivity contribution in [2.24, 2.45) is 46.8 Å². The number of ketones is 1. The number of carbonyl (C=O) groups is 1. The Balaban J connectivity index is 1.60. The predicted octanol–water partition coefficient (Wildman–Crippen LogP) is 3.85. The van der Waals surface area contributed by atoms with Crippen molar-refractivity contribution in [3.63, 3.8) is 0 Å². The summed E-state index contributed by atoms with van der Waals surface area (Å²) in [5.41, 5.74) is 1.49. The zero-order valence-electron chi connectivity index (χ0n) is 14.4. The van der Waals surface area contributed by atoms with Crippen molar-refractivity contribution in [3.8, 4) is 0 Å². The van der Waals surface area contributed by atoms with Gasteiger partial charge < -0.3 is 4.74 Å². The predicted molar refractivity (Wildman–Crippen MR) is 85.2 cm³/mol. The van der Waals surface area contributed by atoms with E-state index in [1.54, 1.807) is 0 Å². The fourth-order valence-corrected chi connectivity index (χ4v) is 7.18. The number of hydrogen-bond donors (Lipinski definition) is 0.